The van der Waals surface area contributed by atoms with Gasteiger partial charge in [0.15, 0.2) is 5.69 Å². The van der Waals surface area contributed by atoms with Crippen molar-refractivity contribution in [3.63, 3.8) is 0 Å². The first-order valence-electron chi connectivity index (χ1n) is 11.1. The molecule has 3 aromatic rings. The van der Waals surface area contributed by atoms with Crippen molar-refractivity contribution in [3.8, 4) is 10.6 Å². The third-order valence-corrected chi connectivity index (χ3v) is 7.14. The molecule has 1 aliphatic heterocycles. The predicted octanol–water partition coefficient (Wildman–Crippen LogP) is 3.22. The number of piperidine rings is 1. The standard InChI is InChI=1S/C23H24F2N6O2S/c24-13-4-1-5-14(25)17(13)23-30-19(21(27)34-23)22(33)29-15-9-28-18-12(6-7-16(18)32)20(15)31-8-2-3-11(26)10-31/h1,4-5,9,11,16,32H,2-3,6-8,10,26-27H2,(H,29,33)/t11?,16-/m1/s1. The monoisotopic (exact) mass is 486 g/mol. The number of aliphatic hydroxyl groups is 1. The largest absolute Gasteiger partial charge is 0.389 e. The SMILES string of the molecule is Nc1sc(-c2c(F)cccc2F)nc1C(=O)Nc1cnc2c(c1N1CCCC(N)C1)CC[C@H]2O. The zero-order valence-corrected chi connectivity index (χ0v) is 19.0. The highest BCUT2D eigenvalue weighted by Crippen LogP contribution is 2.41. The predicted molar refractivity (Wildman–Crippen MR) is 127 cm³/mol. The number of amides is 1. The van der Waals surface area contributed by atoms with Gasteiger partial charge in [-0.05, 0) is 37.8 Å². The van der Waals surface area contributed by atoms with Gasteiger partial charge in [-0.2, -0.15) is 0 Å². The molecule has 2 aromatic heterocycles. The van der Waals surface area contributed by atoms with Crippen LogP contribution in [-0.4, -0.2) is 40.1 Å². The Hall–Kier alpha value is -3.15. The average Bonchev–Trinajstić information content (AvgIpc) is 3.36. The molecule has 2 aliphatic rings. The number of aromatic nitrogens is 2. The summed E-state index contributed by atoms with van der Waals surface area (Å²) < 4.78 is 28.4. The summed E-state index contributed by atoms with van der Waals surface area (Å²) in [5.41, 5.74) is 14.5. The van der Waals surface area contributed by atoms with Crippen molar-refractivity contribution in [2.75, 3.05) is 29.0 Å². The number of nitrogens with two attached hydrogens (primary N) is 2. The van der Waals surface area contributed by atoms with Crippen LogP contribution in [0.15, 0.2) is 24.4 Å². The van der Waals surface area contributed by atoms with Crippen LogP contribution in [0.3, 0.4) is 0 Å². The van der Waals surface area contributed by atoms with Crippen LogP contribution in [0.2, 0.25) is 0 Å². The van der Waals surface area contributed by atoms with E-state index in [4.69, 9.17) is 11.5 Å². The summed E-state index contributed by atoms with van der Waals surface area (Å²) in [7, 11) is 0. The maximum Gasteiger partial charge on any atom is 0.277 e. The minimum Gasteiger partial charge on any atom is -0.389 e. The van der Waals surface area contributed by atoms with Crippen molar-refractivity contribution in [1.82, 2.24) is 9.97 Å². The molecule has 2 atom stereocenters. The zero-order valence-electron chi connectivity index (χ0n) is 18.2. The fourth-order valence-electron chi connectivity index (χ4n) is 4.66. The number of nitrogens with one attached hydrogen (secondary N) is 1. The number of nitrogens with zero attached hydrogens (tertiary/aromatic N) is 3. The number of aliphatic hydroxyl groups excluding tert-OH is 1. The first-order valence-corrected chi connectivity index (χ1v) is 11.9. The van der Waals surface area contributed by atoms with Crippen molar-refractivity contribution in [1.29, 1.82) is 0 Å². The number of pyridine rings is 1. The molecule has 5 rings (SSSR count). The molecule has 8 nitrogen and oxygen atoms in total. The summed E-state index contributed by atoms with van der Waals surface area (Å²) in [6.45, 7) is 1.38. The number of carbonyl (C=O) groups is 1. The molecule has 11 heteroatoms. The summed E-state index contributed by atoms with van der Waals surface area (Å²) in [4.78, 5) is 23.8. The fraction of sp³-hybridized carbons (Fsp3) is 0.348. The number of rotatable bonds is 4. The minimum absolute atomic E-state index is 0.000137. The van der Waals surface area contributed by atoms with Gasteiger partial charge >= 0.3 is 0 Å². The van der Waals surface area contributed by atoms with Gasteiger partial charge in [0.05, 0.1) is 34.9 Å². The number of halogens is 2. The summed E-state index contributed by atoms with van der Waals surface area (Å²) in [6.07, 6.45) is 3.88. The molecular formula is C23H24F2N6O2S. The van der Waals surface area contributed by atoms with Gasteiger partial charge in [0.25, 0.3) is 5.91 Å². The molecule has 1 aromatic carbocycles. The third kappa shape index (κ3) is 3.99. The van der Waals surface area contributed by atoms with Crippen molar-refractivity contribution in [2.24, 2.45) is 5.73 Å². The first-order chi connectivity index (χ1) is 16.3. The second kappa shape index (κ2) is 8.90. The van der Waals surface area contributed by atoms with Crippen LogP contribution in [0.1, 0.15) is 47.1 Å². The van der Waals surface area contributed by atoms with E-state index in [1.54, 1.807) is 0 Å². The van der Waals surface area contributed by atoms with Crippen LogP contribution in [-0.2, 0) is 6.42 Å². The average molecular weight is 487 g/mol. The van der Waals surface area contributed by atoms with Gasteiger partial charge < -0.3 is 26.8 Å². The van der Waals surface area contributed by atoms with E-state index >= 15 is 0 Å². The van der Waals surface area contributed by atoms with Crippen LogP contribution in [0.4, 0.5) is 25.2 Å². The molecule has 1 saturated heterocycles. The van der Waals surface area contributed by atoms with Gasteiger partial charge in [0.1, 0.15) is 21.6 Å². The zero-order chi connectivity index (χ0) is 24.0. The topological polar surface area (TPSA) is 130 Å². The lowest BCUT2D eigenvalue weighted by Gasteiger charge is -2.35. The highest BCUT2D eigenvalue weighted by molar-refractivity contribution is 7.19. The summed E-state index contributed by atoms with van der Waals surface area (Å²) in [6, 6.07) is 3.50. The van der Waals surface area contributed by atoms with E-state index in [2.05, 4.69) is 20.2 Å². The number of hydrogen-bond acceptors (Lipinski definition) is 8. The van der Waals surface area contributed by atoms with Crippen LogP contribution in [0.25, 0.3) is 10.6 Å². The Morgan fingerprint density at radius 1 is 1.26 bits per heavy atom. The Morgan fingerprint density at radius 3 is 2.76 bits per heavy atom. The Bertz CT molecular complexity index is 1250. The van der Waals surface area contributed by atoms with Crippen LogP contribution in [0, 0.1) is 11.6 Å². The molecule has 6 N–H and O–H groups in total. The maximum absolute atomic E-state index is 14.2. The Kier molecular flexibility index (Phi) is 5.92. The number of anilines is 3. The normalized spacial score (nSPS) is 19.8. The Labute approximate surface area is 198 Å². The molecule has 34 heavy (non-hydrogen) atoms. The molecule has 1 aliphatic carbocycles. The molecule has 0 bridgehead atoms. The molecule has 1 amide bonds. The molecule has 0 saturated carbocycles. The van der Waals surface area contributed by atoms with Gasteiger partial charge in [-0.25, -0.2) is 13.8 Å². The van der Waals surface area contributed by atoms with Crippen LogP contribution in [0.5, 0.6) is 0 Å². The van der Waals surface area contributed by atoms with Crippen molar-refractivity contribution >= 4 is 33.6 Å². The summed E-state index contributed by atoms with van der Waals surface area (Å²) in [5, 5.41) is 13.2. The van der Waals surface area contributed by atoms with Crippen molar-refractivity contribution in [3.05, 3.63) is 53.0 Å². The third-order valence-electron chi connectivity index (χ3n) is 6.23. The van der Waals surface area contributed by atoms with E-state index in [0.717, 1.165) is 54.1 Å². The van der Waals surface area contributed by atoms with E-state index in [-0.39, 0.29) is 27.3 Å². The molecule has 0 radical (unpaired) electrons. The Morgan fingerprint density at radius 2 is 2.03 bits per heavy atom. The summed E-state index contributed by atoms with van der Waals surface area (Å²) in [5.74, 6) is -2.18. The first kappa shape index (κ1) is 22.6. The van der Waals surface area contributed by atoms with Gasteiger partial charge in [-0.15, -0.1) is 0 Å². The van der Waals surface area contributed by atoms with Crippen molar-refractivity contribution in [2.45, 2.75) is 37.8 Å². The Balaban J connectivity index is 1.50. The number of benzene rings is 1. The molecule has 1 unspecified atom stereocenters. The van der Waals surface area contributed by atoms with Crippen molar-refractivity contribution < 1.29 is 18.7 Å². The molecule has 3 heterocycles. The van der Waals surface area contributed by atoms with Gasteiger partial charge in [-0.1, -0.05) is 17.4 Å². The second-order valence-electron chi connectivity index (χ2n) is 8.57. The summed E-state index contributed by atoms with van der Waals surface area (Å²) >= 11 is 0.838. The number of nitrogen functional groups attached to an aromatic ring is 1. The maximum atomic E-state index is 14.2. The highest BCUT2D eigenvalue weighted by Gasteiger charge is 2.31. The minimum atomic E-state index is -0.786. The lowest BCUT2D eigenvalue weighted by atomic mass is 10.0. The molecular weight excluding hydrogens is 462 g/mol. The second-order valence-corrected chi connectivity index (χ2v) is 9.60. The van der Waals surface area contributed by atoms with Gasteiger partial charge in [0.2, 0.25) is 0 Å². The number of thiazole rings is 1. The van der Waals surface area contributed by atoms with Gasteiger partial charge in [-0.3, -0.25) is 9.78 Å². The number of hydrogen-bond donors (Lipinski definition) is 4. The lowest BCUT2D eigenvalue weighted by Crippen LogP contribution is -2.43. The van der Waals surface area contributed by atoms with Crippen LogP contribution < -0.4 is 21.7 Å². The number of carbonyl (C=O) groups excluding carboxylic acids is 1. The smallest absolute Gasteiger partial charge is 0.277 e. The van der Waals surface area contributed by atoms with Crippen LogP contribution >= 0.6 is 11.3 Å². The van der Waals surface area contributed by atoms with E-state index in [9.17, 15) is 18.7 Å². The number of fused-ring (bicyclic) bond motifs is 1. The molecule has 1 fully saturated rings. The molecule has 178 valence electrons. The quantitative estimate of drug-likeness (QED) is 0.445. The fourth-order valence-corrected chi connectivity index (χ4v) is 5.54. The lowest BCUT2D eigenvalue weighted by molar-refractivity contribution is 0.102. The van der Waals surface area contributed by atoms with E-state index < -0.39 is 23.6 Å². The van der Waals surface area contributed by atoms with E-state index in [0.29, 0.717) is 30.8 Å². The molecule has 0 spiro atoms. The highest BCUT2D eigenvalue weighted by atomic mass is 32.1. The van der Waals surface area contributed by atoms with E-state index in [1.807, 2.05) is 0 Å². The van der Waals surface area contributed by atoms with Gasteiger partial charge in [0, 0.05) is 24.7 Å². The van der Waals surface area contributed by atoms with E-state index in [1.165, 1.54) is 12.3 Å².